The van der Waals surface area contributed by atoms with Crippen LogP contribution >= 0.6 is 0 Å². The smallest absolute Gasteiger partial charge is 0.123 e. The van der Waals surface area contributed by atoms with Crippen molar-refractivity contribution in [2.45, 2.75) is 150 Å². The third kappa shape index (κ3) is 6.20. The van der Waals surface area contributed by atoms with Gasteiger partial charge in [-0.25, -0.2) is 0 Å². The van der Waals surface area contributed by atoms with Gasteiger partial charge in [0.2, 0.25) is 0 Å². The van der Waals surface area contributed by atoms with Crippen LogP contribution in [0, 0.1) is 11.3 Å². The molecule has 3 rings (SSSR count). The van der Waals surface area contributed by atoms with Crippen LogP contribution < -0.4 is 0 Å². The van der Waals surface area contributed by atoms with Gasteiger partial charge in [-0.1, -0.05) is 128 Å². The summed E-state index contributed by atoms with van der Waals surface area (Å²) < 4.78 is 0. The fourth-order valence-electron chi connectivity index (χ4n) is 7.29. The van der Waals surface area contributed by atoms with E-state index < -0.39 is 0 Å². The number of rotatable bonds is 2. The summed E-state index contributed by atoms with van der Waals surface area (Å²) in [7, 11) is 0. The monoisotopic (exact) mass is 534 g/mol. The molecule has 0 radical (unpaired) electrons. The average Bonchev–Trinajstić information content (AvgIpc) is 2.68. The van der Waals surface area contributed by atoms with E-state index in [0.29, 0.717) is 17.4 Å². The van der Waals surface area contributed by atoms with Crippen molar-refractivity contribution in [3.05, 3.63) is 57.6 Å². The van der Waals surface area contributed by atoms with Crippen LogP contribution in [0.5, 0.6) is 11.5 Å². The maximum Gasteiger partial charge on any atom is 0.123 e. The Labute approximate surface area is 240 Å². The van der Waals surface area contributed by atoms with Gasteiger partial charge in [-0.3, -0.25) is 0 Å². The SMILES string of the molecule is CC1CC(C)(C)CC(c2cc(C(C)(C)C)c(O)c(C(C)(C)C)c2)(c2cc(C(C)(C)C)c(O)c(C(C)(C)C)c2)C1. The van der Waals surface area contributed by atoms with Crippen molar-refractivity contribution in [3.8, 4) is 11.5 Å². The molecule has 0 heterocycles. The van der Waals surface area contributed by atoms with Gasteiger partial charge in [0.25, 0.3) is 0 Å². The van der Waals surface area contributed by atoms with E-state index in [4.69, 9.17) is 0 Å². The first-order chi connectivity index (χ1) is 17.3. The lowest BCUT2D eigenvalue weighted by atomic mass is 9.54. The number of hydrogen-bond donors (Lipinski definition) is 2. The number of aromatic hydroxyl groups is 2. The molecule has 0 aliphatic heterocycles. The lowest BCUT2D eigenvalue weighted by Gasteiger charge is -2.50. The molecule has 2 nitrogen and oxygen atoms in total. The van der Waals surface area contributed by atoms with E-state index >= 15 is 0 Å². The molecule has 0 amide bonds. The zero-order chi connectivity index (χ0) is 30.1. The summed E-state index contributed by atoms with van der Waals surface area (Å²) in [5, 5.41) is 23.2. The molecule has 1 aliphatic carbocycles. The van der Waals surface area contributed by atoms with E-state index in [2.05, 4.69) is 128 Å². The number of hydrogen-bond acceptors (Lipinski definition) is 2. The standard InChI is InChI=1S/C37H58O2/c1-23-20-36(14,15)22-37(21-23,24-16-26(32(2,3)4)30(38)27(17-24)33(5,6)7)25-18-28(34(8,9)10)31(39)29(19-25)35(11,12)13/h16-19,23,38-39H,20-22H2,1-15H3. The van der Waals surface area contributed by atoms with E-state index in [9.17, 15) is 10.2 Å². The van der Waals surface area contributed by atoms with Gasteiger partial charge in [0.15, 0.2) is 0 Å². The molecule has 39 heavy (non-hydrogen) atoms. The van der Waals surface area contributed by atoms with Crippen LogP contribution in [0.4, 0.5) is 0 Å². The van der Waals surface area contributed by atoms with Crippen LogP contribution in [-0.2, 0) is 27.1 Å². The lowest BCUT2D eigenvalue weighted by Crippen LogP contribution is -2.42. The zero-order valence-corrected chi connectivity index (χ0v) is 27.9. The first kappa shape index (κ1) is 31.6. The van der Waals surface area contributed by atoms with Crippen LogP contribution in [-0.4, -0.2) is 10.2 Å². The molecule has 1 aliphatic rings. The van der Waals surface area contributed by atoms with Crippen molar-refractivity contribution in [2.24, 2.45) is 11.3 Å². The molecule has 2 heteroatoms. The Morgan fingerprint density at radius 2 is 0.846 bits per heavy atom. The van der Waals surface area contributed by atoms with Crippen molar-refractivity contribution in [2.75, 3.05) is 0 Å². The summed E-state index contributed by atoms with van der Waals surface area (Å²) >= 11 is 0. The maximum absolute atomic E-state index is 11.6. The van der Waals surface area contributed by atoms with Crippen molar-refractivity contribution < 1.29 is 10.2 Å². The van der Waals surface area contributed by atoms with E-state index in [1.807, 2.05) is 0 Å². The van der Waals surface area contributed by atoms with Crippen molar-refractivity contribution >= 4 is 0 Å². The Kier molecular flexibility index (Phi) is 7.74. The molecule has 0 aromatic heterocycles. The quantitative estimate of drug-likeness (QED) is 0.402. The Balaban J connectivity index is 2.57. The molecule has 1 unspecified atom stereocenters. The number of benzene rings is 2. The number of phenols is 2. The topological polar surface area (TPSA) is 40.5 Å². The Morgan fingerprint density at radius 1 is 0.564 bits per heavy atom. The minimum absolute atomic E-state index is 0.154. The van der Waals surface area contributed by atoms with Gasteiger partial charge < -0.3 is 10.2 Å². The van der Waals surface area contributed by atoms with Gasteiger partial charge in [0.05, 0.1) is 0 Å². The highest BCUT2D eigenvalue weighted by molar-refractivity contribution is 5.58. The summed E-state index contributed by atoms with van der Waals surface area (Å²) in [5.74, 6) is 1.42. The van der Waals surface area contributed by atoms with Crippen LogP contribution in [0.1, 0.15) is 156 Å². The minimum Gasteiger partial charge on any atom is -0.507 e. The summed E-state index contributed by atoms with van der Waals surface area (Å²) in [6.45, 7) is 33.7. The van der Waals surface area contributed by atoms with Crippen LogP contribution in [0.25, 0.3) is 0 Å². The molecule has 2 aromatic rings. The highest BCUT2D eigenvalue weighted by Crippen LogP contribution is 2.56. The summed E-state index contributed by atoms with van der Waals surface area (Å²) in [6.07, 6.45) is 3.27. The molecule has 218 valence electrons. The Bertz CT molecular complexity index is 1060. The highest BCUT2D eigenvalue weighted by atomic mass is 16.3. The third-order valence-corrected chi connectivity index (χ3v) is 8.94. The maximum atomic E-state index is 11.6. The third-order valence-electron chi connectivity index (χ3n) is 8.94. The van der Waals surface area contributed by atoms with Gasteiger partial charge in [-0.15, -0.1) is 0 Å². The van der Waals surface area contributed by atoms with E-state index in [-0.39, 0.29) is 32.5 Å². The summed E-state index contributed by atoms with van der Waals surface area (Å²) in [6, 6.07) is 9.27. The lowest BCUT2D eigenvalue weighted by molar-refractivity contribution is 0.126. The molecule has 0 bridgehead atoms. The largest absolute Gasteiger partial charge is 0.507 e. The predicted octanol–water partition coefficient (Wildman–Crippen LogP) is 10.4. The fraction of sp³-hybridized carbons (Fsp3) is 0.676. The second-order valence-corrected chi connectivity index (χ2v) is 17.8. The second kappa shape index (κ2) is 9.56. The van der Waals surface area contributed by atoms with Gasteiger partial charge >= 0.3 is 0 Å². The van der Waals surface area contributed by atoms with Crippen LogP contribution in [0.3, 0.4) is 0 Å². The first-order valence-corrected chi connectivity index (χ1v) is 15.1. The molecule has 0 saturated heterocycles. The fourth-order valence-corrected chi connectivity index (χ4v) is 7.29. The van der Waals surface area contributed by atoms with E-state index in [1.54, 1.807) is 0 Å². The predicted molar refractivity (Wildman–Crippen MR) is 169 cm³/mol. The van der Waals surface area contributed by atoms with E-state index in [0.717, 1.165) is 35.1 Å². The summed E-state index contributed by atoms with van der Waals surface area (Å²) in [4.78, 5) is 0. The van der Waals surface area contributed by atoms with Gasteiger partial charge in [0, 0.05) is 5.41 Å². The molecule has 1 saturated carbocycles. The minimum atomic E-state index is -0.234. The van der Waals surface area contributed by atoms with Crippen LogP contribution in [0.15, 0.2) is 24.3 Å². The first-order valence-electron chi connectivity index (χ1n) is 15.1. The van der Waals surface area contributed by atoms with Crippen LogP contribution in [0.2, 0.25) is 0 Å². The van der Waals surface area contributed by atoms with Gasteiger partial charge in [0.1, 0.15) is 11.5 Å². The molecular weight excluding hydrogens is 476 g/mol. The number of phenolic OH excluding ortho intramolecular Hbond substituents is 2. The molecule has 1 fully saturated rings. The molecule has 2 N–H and O–H groups in total. The molecular formula is C37H58O2. The average molecular weight is 535 g/mol. The summed E-state index contributed by atoms with van der Waals surface area (Å²) in [5.41, 5.74) is 5.83. The molecule has 2 aromatic carbocycles. The van der Waals surface area contributed by atoms with E-state index in [1.165, 1.54) is 17.5 Å². The highest BCUT2D eigenvalue weighted by Gasteiger charge is 2.47. The Hall–Kier alpha value is -1.96. The Morgan fingerprint density at radius 3 is 1.08 bits per heavy atom. The normalized spacial score (nSPS) is 20.2. The zero-order valence-electron chi connectivity index (χ0n) is 27.9. The van der Waals surface area contributed by atoms with Crippen molar-refractivity contribution in [1.29, 1.82) is 0 Å². The van der Waals surface area contributed by atoms with Crippen molar-refractivity contribution in [1.82, 2.24) is 0 Å². The molecule has 0 spiro atoms. The molecule has 1 atom stereocenters. The van der Waals surface area contributed by atoms with Gasteiger partial charge in [-0.2, -0.15) is 0 Å². The van der Waals surface area contributed by atoms with Crippen molar-refractivity contribution in [3.63, 3.8) is 0 Å². The van der Waals surface area contributed by atoms with Gasteiger partial charge in [-0.05, 0) is 85.6 Å². The second-order valence-electron chi connectivity index (χ2n) is 17.8.